The Labute approximate surface area is 197 Å². The first-order valence-electron chi connectivity index (χ1n) is 10.9. The third-order valence-electron chi connectivity index (χ3n) is 5.07. The molecular formula is C25H26N6O3. The summed E-state index contributed by atoms with van der Waals surface area (Å²) in [5.41, 5.74) is 2.47. The number of rotatable bonds is 6. The van der Waals surface area contributed by atoms with Crippen molar-refractivity contribution in [3.8, 4) is 17.5 Å². The zero-order valence-corrected chi connectivity index (χ0v) is 19.6. The molecule has 0 aliphatic heterocycles. The van der Waals surface area contributed by atoms with Gasteiger partial charge in [0.05, 0.1) is 17.2 Å². The van der Waals surface area contributed by atoms with Crippen molar-refractivity contribution in [1.29, 1.82) is 5.26 Å². The summed E-state index contributed by atoms with van der Waals surface area (Å²) in [5, 5.41) is 21.6. The molecule has 174 valence electrons. The quantitative estimate of drug-likeness (QED) is 0.460. The van der Waals surface area contributed by atoms with Gasteiger partial charge >= 0.3 is 6.09 Å². The van der Waals surface area contributed by atoms with Crippen LogP contribution in [-0.4, -0.2) is 37.7 Å². The van der Waals surface area contributed by atoms with Crippen LogP contribution >= 0.6 is 0 Å². The minimum atomic E-state index is -0.623. The van der Waals surface area contributed by atoms with Crippen molar-refractivity contribution in [1.82, 2.24) is 25.2 Å². The Balaban J connectivity index is 1.56. The van der Waals surface area contributed by atoms with Gasteiger partial charge in [-0.25, -0.2) is 4.79 Å². The zero-order chi connectivity index (χ0) is 24.3. The van der Waals surface area contributed by atoms with Crippen LogP contribution in [0, 0.1) is 11.3 Å². The van der Waals surface area contributed by atoms with E-state index in [4.69, 9.17) is 14.5 Å². The SMILES string of the molecule is Cn1cc2cccc(-c3noc(C[C@H](Cc4ccc(C#N)cc4)NC(=O)OC(C)(C)C)n3)c2n1. The number of nitriles is 1. The highest BCUT2D eigenvalue weighted by atomic mass is 16.6. The Morgan fingerprint density at radius 1 is 1.21 bits per heavy atom. The molecule has 1 N–H and O–H groups in total. The molecule has 9 nitrogen and oxygen atoms in total. The van der Waals surface area contributed by atoms with Crippen LogP contribution in [0.2, 0.25) is 0 Å². The number of aryl methyl sites for hydroxylation is 1. The van der Waals surface area contributed by atoms with Gasteiger partial charge in [-0.2, -0.15) is 15.3 Å². The highest BCUT2D eigenvalue weighted by Gasteiger charge is 2.23. The first-order valence-corrected chi connectivity index (χ1v) is 10.9. The van der Waals surface area contributed by atoms with Gasteiger partial charge in [-0.15, -0.1) is 0 Å². The van der Waals surface area contributed by atoms with Crippen LogP contribution in [0.5, 0.6) is 0 Å². The van der Waals surface area contributed by atoms with Crippen molar-refractivity contribution < 1.29 is 14.1 Å². The number of nitrogens with one attached hydrogen (secondary N) is 1. The highest BCUT2D eigenvalue weighted by molar-refractivity contribution is 5.91. The van der Waals surface area contributed by atoms with Crippen LogP contribution in [0.3, 0.4) is 0 Å². The summed E-state index contributed by atoms with van der Waals surface area (Å²) in [5.74, 6) is 0.825. The van der Waals surface area contributed by atoms with Crippen molar-refractivity contribution in [2.24, 2.45) is 7.05 Å². The summed E-state index contributed by atoms with van der Waals surface area (Å²) in [4.78, 5) is 17.0. The van der Waals surface area contributed by atoms with E-state index >= 15 is 0 Å². The van der Waals surface area contributed by atoms with Crippen LogP contribution in [0.25, 0.3) is 22.3 Å². The average Bonchev–Trinajstić information content (AvgIpc) is 3.38. The molecule has 0 saturated heterocycles. The minimum absolute atomic E-state index is 0.310. The minimum Gasteiger partial charge on any atom is -0.444 e. The maximum Gasteiger partial charge on any atom is 0.407 e. The molecule has 0 radical (unpaired) electrons. The molecule has 1 atom stereocenters. The van der Waals surface area contributed by atoms with Crippen molar-refractivity contribution in [2.75, 3.05) is 0 Å². The second kappa shape index (κ2) is 9.35. The van der Waals surface area contributed by atoms with E-state index in [2.05, 4.69) is 26.6 Å². The van der Waals surface area contributed by atoms with E-state index in [9.17, 15) is 4.79 Å². The lowest BCUT2D eigenvalue weighted by Gasteiger charge is -2.23. The van der Waals surface area contributed by atoms with E-state index in [-0.39, 0.29) is 6.04 Å². The summed E-state index contributed by atoms with van der Waals surface area (Å²) < 4.78 is 12.7. The largest absolute Gasteiger partial charge is 0.444 e. The number of carbonyl (C=O) groups is 1. The van der Waals surface area contributed by atoms with E-state index in [1.54, 1.807) is 16.8 Å². The molecule has 1 amide bonds. The number of amides is 1. The molecule has 34 heavy (non-hydrogen) atoms. The van der Waals surface area contributed by atoms with Gasteiger partial charge in [0.1, 0.15) is 11.1 Å². The summed E-state index contributed by atoms with van der Waals surface area (Å²) >= 11 is 0. The number of hydrogen-bond acceptors (Lipinski definition) is 7. The van der Waals surface area contributed by atoms with Crippen molar-refractivity contribution in [3.05, 3.63) is 65.7 Å². The molecule has 0 aliphatic carbocycles. The molecule has 2 aromatic heterocycles. The van der Waals surface area contributed by atoms with Gasteiger partial charge in [-0.1, -0.05) is 29.4 Å². The maximum absolute atomic E-state index is 12.5. The number of hydrogen-bond donors (Lipinski definition) is 1. The van der Waals surface area contributed by atoms with Crippen LogP contribution < -0.4 is 5.32 Å². The van der Waals surface area contributed by atoms with Crippen LogP contribution in [0.4, 0.5) is 4.79 Å². The van der Waals surface area contributed by atoms with Gasteiger partial charge in [-0.3, -0.25) is 4.68 Å². The molecule has 2 aromatic carbocycles. The lowest BCUT2D eigenvalue weighted by atomic mass is 10.0. The van der Waals surface area contributed by atoms with Gasteiger partial charge < -0.3 is 14.6 Å². The predicted molar refractivity (Wildman–Crippen MR) is 126 cm³/mol. The lowest BCUT2D eigenvalue weighted by molar-refractivity contribution is 0.0502. The first-order chi connectivity index (χ1) is 16.2. The van der Waals surface area contributed by atoms with Gasteiger partial charge in [0, 0.05) is 31.1 Å². The second-order valence-electron chi connectivity index (χ2n) is 9.12. The Morgan fingerprint density at radius 2 is 1.97 bits per heavy atom. The Morgan fingerprint density at radius 3 is 2.68 bits per heavy atom. The molecule has 9 heteroatoms. The van der Waals surface area contributed by atoms with Crippen molar-refractivity contribution in [2.45, 2.75) is 45.3 Å². The van der Waals surface area contributed by atoms with E-state index in [1.807, 2.05) is 64.3 Å². The zero-order valence-electron chi connectivity index (χ0n) is 19.6. The molecule has 0 aliphatic rings. The van der Waals surface area contributed by atoms with E-state index in [1.165, 1.54) is 0 Å². The third kappa shape index (κ3) is 5.59. The summed E-state index contributed by atoms with van der Waals surface area (Å²) in [7, 11) is 1.86. The smallest absolute Gasteiger partial charge is 0.407 e. The van der Waals surface area contributed by atoms with E-state index < -0.39 is 11.7 Å². The second-order valence-corrected chi connectivity index (χ2v) is 9.12. The number of nitrogens with zero attached hydrogens (tertiary/aromatic N) is 5. The molecule has 4 rings (SSSR count). The topological polar surface area (TPSA) is 119 Å². The molecule has 4 aromatic rings. The maximum atomic E-state index is 12.5. The predicted octanol–water partition coefficient (Wildman–Crippen LogP) is 4.17. The number of benzene rings is 2. The summed E-state index contributed by atoms with van der Waals surface area (Å²) in [6, 6.07) is 14.8. The molecule has 0 spiro atoms. The normalized spacial score (nSPS) is 12.3. The monoisotopic (exact) mass is 458 g/mol. The Kier molecular flexibility index (Phi) is 6.32. The highest BCUT2D eigenvalue weighted by Crippen LogP contribution is 2.25. The molecule has 0 unspecified atom stereocenters. The number of ether oxygens (including phenoxy) is 1. The Hall–Kier alpha value is -4.19. The molecule has 2 heterocycles. The van der Waals surface area contributed by atoms with E-state index in [0.717, 1.165) is 22.0 Å². The molecule has 0 saturated carbocycles. The molecule has 0 bridgehead atoms. The fraction of sp³-hybridized carbons (Fsp3) is 0.320. The van der Waals surface area contributed by atoms with Crippen LogP contribution in [-0.2, 0) is 24.6 Å². The Bertz CT molecular complexity index is 1340. The van der Waals surface area contributed by atoms with Gasteiger partial charge in [-0.05, 0) is 51.0 Å². The van der Waals surface area contributed by atoms with Crippen molar-refractivity contribution >= 4 is 17.0 Å². The van der Waals surface area contributed by atoms with Crippen LogP contribution in [0.15, 0.2) is 53.2 Å². The standard InChI is InChI=1S/C25H26N6O3/c1-25(2,3)33-24(32)27-19(12-16-8-10-17(14-26)11-9-16)13-21-28-23(30-34-21)20-7-5-6-18-15-31(4)29-22(18)20/h5-11,15,19H,12-13H2,1-4H3,(H,27,32)/t19-/m0/s1. The average molecular weight is 459 g/mol. The third-order valence-corrected chi connectivity index (χ3v) is 5.07. The number of aromatic nitrogens is 4. The molecular weight excluding hydrogens is 432 g/mol. The van der Waals surface area contributed by atoms with Crippen LogP contribution in [0.1, 0.15) is 37.8 Å². The van der Waals surface area contributed by atoms with Gasteiger partial charge in [0.2, 0.25) is 11.7 Å². The summed E-state index contributed by atoms with van der Waals surface area (Å²) in [6.07, 6.45) is 2.21. The van der Waals surface area contributed by atoms with Gasteiger partial charge in [0.15, 0.2) is 0 Å². The van der Waals surface area contributed by atoms with E-state index in [0.29, 0.717) is 30.1 Å². The fourth-order valence-electron chi connectivity index (χ4n) is 3.65. The van der Waals surface area contributed by atoms with Gasteiger partial charge in [0.25, 0.3) is 0 Å². The number of alkyl carbamates (subject to hydrolysis) is 1. The number of fused-ring (bicyclic) bond motifs is 1. The molecule has 0 fully saturated rings. The number of carbonyl (C=O) groups excluding carboxylic acids is 1. The fourth-order valence-corrected chi connectivity index (χ4v) is 3.65. The summed E-state index contributed by atoms with van der Waals surface area (Å²) in [6.45, 7) is 5.43. The first kappa shape index (κ1) is 23.0. The van der Waals surface area contributed by atoms with Crippen molar-refractivity contribution in [3.63, 3.8) is 0 Å². The lowest BCUT2D eigenvalue weighted by Crippen LogP contribution is -2.41.